The summed E-state index contributed by atoms with van der Waals surface area (Å²) in [6.45, 7) is 3.85. The Morgan fingerprint density at radius 1 is 1.11 bits per heavy atom. The topological polar surface area (TPSA) is 37.8 Å². The number of nitrogens with zero attached hydrogens (tertiary/aromatic N) is 2. The highest BCUT2D eigenvalue weighted by Crippen LogP contribution is 2.28. The van der Waals surface area contributed by atoms with E-state index in [1.807, 2.05) is 32.0 Å². The second-order valence-corrected chi connectivity index (χ2v) is 5.46. The lowest BCUT2D eigenvalue weighted by Gasteiger charge is -2.10. The maximum Gasteiger partial charge on any atom is 0.156 e. The Morgan fingerprint density at radius 2 is 1.83 bits per heavy atom. The molecule has 1 N–H and O–H groups in total. The third-order valence-corrected chi connectivity index (χ3v) is 4.24. The second-order valence-electron chi connectivity index (χ2n) is 3.84. The van der Waals surface area contributed by atoms with Crippen LogP contribution in [0.4, 0.5) is 11.5 Å². The molecule has 3 nitrogen and oxygen atoms in total. The highest BCUT2D eigenvalue weighted by Gasteiger charge is 2.08. The van der Waals surface area contributed by atoms with Crippen molar-refractivity contribution in [3.05, 3.63) is 44.0 Å². The summed E-state index contributed by atoms with van der Waals surface area (Å²) in [5.74, 6) is 0.676. The zero-order valence-electron chi connectivity index (χ0n) is 9.76. The molecule has 0 aliphatic carbocycles. The molecule has 2 rings (SSSR count). The SMILES string of the molecule is Cc1c(Cl)nnc(Nc2ccc(Br)c(Cl)c2)c1C. The summed E-state index contributed by atoms with van der Waals surface area (Å²) in [6, 6.07) is 5.59. The van der Waals surface area contributed by atoms with Crippen LogP contribution in [0.15, 0.2) is 22.7 Å². The van der Waals surface area contributed by atoms with E-state index in [1.165, 1.54) is 0 Å². The molecule has 94 valence electrons. The molecule has 18 heavy (non-hydrogen) atoms. The van der Waals surface area contributed by atoms with Gasteiger partial charge in [0, 0.05) is 10.2 Å². The van der Waals surface area contributed by atoms with Gasteiger partial charge in [-0.1, -0.05) is 23.2 Å². The van der Waals surface area contributed by atoms with E-state index in [1.54, 1.807) is 0 Å². The number of nitrogens with one attached hydrogen (secondary N) is 1. The maximum absolute atomic E-state index is 6.03. The first-order valence-corrected chi connectivity index (χ1v) is 6.75. The van der Waals surface area contributed by atoms with Crippen molar-refractivity contribution < 1.29 is 0 Å². The van der Waals surface area contributed by atoms with Crippen molar-refractivity contribution in [2.45, 2.75) is 13.8 Å². The number of aromatic nitrogens is 2. The summed E-state index contributed by atoms with van der Waals surface area (Å²) in [7, 11) is 0. The number of hydrogen-bond acceptors (Lipinski definition) is 3. The molecule has 0 unspecified atom stereocenters. The monoisotopic (exact) mass is 345 g/mol. The van der Waals surface area contributed by atoms with Crippen LogP contribution in [0.1, 0.15) is 11.1 Å². The highest BCUT2D eigenvalue weighted by molar-refractivity contribution is 9.10. The van der Waals surface area contributed by atoms with Crippen LogP contribution >= 0.6 is 39.1 Å². The van der Waals surface area contributed by atoms with Crippen LogP contribution in [0, 0.1) is 13.8 Å². The lowest BCUT2D eigenvalue weighted by molar-refractivity contribution is 1.00. The number of hydrogen-bond donors (Lipinski definition) is 1. The van der Waals surface area contributed by atoms with Crippen LogP contribution in [0.3, 0.4) is 0 Å². The van der Waals surface area contributed by atoms with Gasteiger partial charge in [-0.2, -0.15) is 0 Å². The summed E-state index contributed by atoms with van der Waals surface area (Å²) in [6.07, 6.45) is 0. The van der Waals surface area contributed by atoms with E-state index < -0.39 is 0 Å². The van der Waals surface area contributed by atoms with E-state index in [-0.39, 0.29) is 0 Å². The Morgan fingerprint density at radius 3 is 2.50 bits per heavy atom. The van der Waals surface area contributed by atoms with Crippen LogP contribution in [-0.2, 0) is 0 Å². The quantitative estimate of drug-likeness (QED) is 0.839. The largest absolute Gasteiger partial charge is 0.338 e. The highest BCUT2D eigenvalue weighted by atomic mass is 79.9. The standard InChI is InChI=1S/C12H10BrCl2N3/c1-6-7(2)12(18-17-11(6)15)16-8-3-4-9(13)10(14)5-8/h3-5H,1-2H3,(H,16,18). The molecule has 1 aromatic heterocycles. The minimum atomic E-state index is 0.423. The summed E-state index contributed by atoms with van der Waals surface area (Å²) in [4.78, 5) is 0. The van der Waals surface area contributed by atoms with Gasteiger partial charge in [-0.25, -0.2) is 0 Å². The van der Waals surface area contributed by atoms with Crippen molar-refractivity contribution in [3.63, 3.8) is 0 Å². The molecule has 0 saturated carbocycles. The van der Waals surface area contributed by atoms with Crippen molar-refractivity contribution >= 4 is 50.6 Å². The summed E-state index contributed by atoms with van der Waals surface area (Å²) < 4.78 is 0.852. The van der Waals surface area contributed by atoms with Crippen LogP contribution in [-0.4, -0.2) is 10.2 Å². The first kappa shape index (κ1) is 13.6. The van der Waals surface area contributed by atoms with Crippen molar-refractivity contribution in [3.8, 4) is 0 Å². The smallest absolute Gasteiger partial charge is 0.156 e. The molecule has 0 atom stereocenters. The number of benzene rings is 1. The van der Waals surface area contributed by atoms with Crippen molar-refractivity contribution in [1.82, 2.24) is 10.2 Å². The predicted molar refractivity (Wildman–Crippen MR) is 79.0 cm³/mol. The van der Waals surface area contributed by atoms with Gasteiger partial charge in [0.15, 0.2) is 11.0 Å². The van der Waals surface area contributed by atoms with Crippen molar-refractivity contribution in [1.29, 1.82) is 0 Å². The zero-order chi connectivity index (χ0) is 13.3. The predicted octanol–water partition coefficient (Wildman–Crippen LogP) is 4.91. The lowest BCUT2D eigenvalue weighted by Crippen LogP contribution is -2.01. The first-order chi connectivity index (χ1) is 8.49. The van der Waals surface area contributed by atoms with Crippen LogP contribution in [0.25, 0.3) is 0 Å². The van der Waals surface area contributed by atoms with E-state index >= 15 is 0 Å². The van der Waals surface area contributed by atoms with E-state index in [9.17, 15) is 0 Å². The molecule has 2 aromatic rings. The third kappa shape index (κ3) is 2.76. The Kier molecular flexibility index (Phi) is 4.10. The molecular formula is C12H10BrCl2N3. The van der Waals surface area contributed by atoms with Crippen molar-refractivity contribution in [2.24, 2.45) is 0 Å². The number of anilines is 2. The molecule has 0 aliphatic rings. The summed E-state index contributed by atoms with van der Waals surface area (Å²) in [5, 5.41) is 12.2. The maximum atomic E-state index is 6.03. The molecule has 0 bridgehead atoms. The fourth-order valence-corrected chi connectivity index (χ4v) is 2.01. The summed E-state index contributed by atoms with van der Waals surface area (Å²) in [5.41, 5.74) is 2.73. The van der Waals surface area contributed by atoms with Gasteiger partial charge in [-0.3, -0.25) is 0 Å². The van der Waals surface area contributed by atoms with Gasteiger partial charge in [0.25, 0.3) is 0 Å². The molecular weight excluding hydrogens is 337 g/mol. The van der Waals surface area contributed by atoms with Gasteiger partial charge < -0.3 is 5.32 Å². The van der Waals surface area contributed by atoms with Gasteiger partial charge >= 0.3 is 0 Å². The average Bonchev–Trinajstić information content (AvgIpc) is 2.34. The van der Waals surface area contributed by atoms with Crippen molar-refractivity contribution in [2.75, 3.05) is 5.32 Å². The van der Waals surface area contributed by atoms with E-state index in [4.69, 9.17) is 23.2 Å². The fourth-order valence-electron chi connectivity index (χ4n) is 1.41. The zero-order valence-corrected chi connectivity index (χ0v) is 12.9. The van der Waals surface area contributed by atoms with Gasteiger partial charge in [-0.15, -0.1) is 10.2 Å². The van der Waals surface area contributed by atoms with Crippen LogP contribution in [0.5, 0.6) is 0 Å². The lowest BCUT2D eigenvalue weighted by atomic mass is 10.2. The molecule has 0 saturated heterocycles. The van der Waals surface area contributed by atoms with Gasteiger partial charge in [-0.05, 0) is 59.1 Å². The van der Waals surface area contributed by atoms with Gasteiger partial charge in [0.05, 0.1) is 5.02 Å². The molecule has 1 heterocycles. The van der Waals surface area contributed by atoms with Crippen LogP contribution in [0.2, 0.25) is 10.2 Å². The third-order valence-electron chi connectivity index (χ3n) is 2.65. The second kappa shape index (κ2) is 5.43. The van der Waals surface area contributed by atoms with Gasteiger partial charge in [0.1, 0.15) is 0 Å². The Balaban J connectivity index is 2.34. The molecule has 0 radical (unpaired) electrons. The molecule has 0 aliphatic heterocycles. The van der Waals surface area contributed by atoms with Crippen LogP contribution < -0.4 is 5.32 Å². The van der Waals surface area contributed by atoms with E-state index in [0.717, 1.165) is 21.3 Å². The minimum absolute atomic E-state index is 0.423. The fraction of sp³-hybridized carbons (Fsp3) is 0.167. The first-order valence-electron chi connectivity index (χ1n) is 5.20. The Bertz CT molecular complexity index is 602. The Hall–Kier alpha value is -0.840. The Labute approximate surface area is 124 Å². The molecule has 0 amide bonds. The number of halogens is 3. The molecule has 1 aromatic carbocycles. The van der Waals surface area contributed by atoms with Gasteiger partial charge in [0.2, 0.25) is 0 Å². The normalized spacial score (nSPS) is 10.5. The minimum Gasteiger partial charge on any atom is -0.338 e. The number of rotatable bonds is 2. The molecule has 0 fully saturated rings. The summed E-state index contributed by atoms with van der Waals surface area (Å²) >= 11 is 15.3. The molecule has 6 heteroatoms. The molecule has 0 spiro atoms. The van der Waals surface area contributed by atoms with E-state index in [2.05, 4.69) is 31.4 Å². The average molecular weight is 347 g/mol. The van der Waals surface area contributed by atoms with E-state index in [0.29, 0.717) is 16.0 Å².